The van der Waals surface area contributed by atoms with Crippen LogP contribution in [0.5, 0.6) is 5.75 Å². The third kappa shape index (κ3) is 4.40. The van der Waals surface area contributed by atoms with E-state index in [1.165, 1.54) is 37.3 Å². The van der Waals surface area contributed by atoms with E-state index in [0.29, 0.717) is 17.5 Å². The van der Waals surface area contributed by atoms with Gasteiger partial charge in [0.2, 0.25) is 0 Å². The Kier molecular flexibility index (Phi) is 6.78. The first-order valence-corrected chi connectivity index (χ1v) is 11.1. The summed E-state index contributed by atoms with van der Waals surface area (Å²) in [5.74, 6) is -1.05. The van der Waals surface area contributed by atoms with E-state index in [9.17, 15) is 18.8 Å². The highest BCUT2D eigenvalue weighted by Crippen LogP contribution is 2.37. The summed E-state index contributed by atoms with van der Waals surface area (Å²) in [5, 5.41) is 2.81. The third-order valence-corrected chi connectivity index (χ3v) is 6.19. The van der Waals surface area contributed by atoms with Crippen molar-refractivity contribution >= 4 is 17.9 Å². The summed E-state index contributed by atoms with van der Waals surface area (Å²) in [5.41, 5.74) is 4.70. The van der Waals surface area contributed by atoms with Gasteiger partial charge in [0.1, 0.15) is 17.1 Å². The maximum absolute atomic E-state index is 14.6. The van der Waals surface area contributed by atoms with Crippen LogP contribution in [0.1, 0.15) is 31.8 Å². The number of amides is 1. The highest BCUT2D eigenvalue weighted by atomic mass is 19.1. The molecule has 4 aromatic rings. The Morgan fingerprint density at radius 2 is 1.72 bits per heavy atom. The minimum atomic E-state index is -0.661. The van der Waals surface area contributed by atoms with Gasteiger partial charge in [-0.3, -0.25) is 14.4 Å². The molecule has 0 atom stereocenters. The Morgan fingerprint density at radius 1 is 1.06 bits per heavy atom. The molecule has 36 heavy (non-hydrogen) atoms. The zero-order valence-electron chi connectivity index (χ0n) is 20.3. The fourth-order valence-corrected chi connectivity index (χ4v) is 4.19. The molecule has 0 fully saturated rings. The van der Waals surface area contributed by atoms with Gasteiger partial charge in [-0.05, 0) is 65.4 Å². The second kappa shape index (κ2) is 9.95. The molecule has 1 aromatic heterocycles. The van der Waals surface area contributed by atoms with Crippen molar-refractivity contribution in [3.05, 3.63) is 99.5 Å². The molecule has 0 radical (unpaired) electrons. The van der Waals surface area contributed by atoms with Gasteiger partial charge in [0.05, 0.1) is 19.0 Å². The molecule has 8 heteroatoms. The normalized spacial score (nSPS) is 10.7. The fourth-order valence-electron chi connectivity index (χ4n) is 4.19. The summed E-state index contributed by atoms with van der Waals surface area (Å²) in [6.45, 7) is 3.80. The van der Waals surface area contributed by atoms with E-state index in [-0.39, 0.29) is 16.9 Å². The number of aldehydes is 1. The standard InChI is InChI=1S/C28H24FN3O4/c1-16-19(18-11-24(29)23(14-33)26(12-18)36-4)7-5-8-20(16)21-9-6-10-25(17(21)2)31-27(34)22-13-30-15-32(3)28(22)35/h5-15H,1-4H3,(H,31,34). The lowest BCUT2D eigenvalue weighted by Gasteiger charge is -2.17. The lowest BCUT2D eigenvalue weighted by Crippen LogP contribution is -2.28. The van der Waals surface area contributed by atoms with E-state index in [2.05, 4.69) is 10.3 Å². The van der Waals surface area contributed by atoms with Crippen LogP contribution < -0.4 is 15.6 Å². The topological polar surface area (TPSA) is 90.3 Å². The Balaban J connectivity index is 1.76. The number of hydrogen-bond acceptors (Lipinski definition) is 5. The van der Waals surface area contributed by atoms with Gasteiger partial charge in [-0.2, -0.15) is 0 Å². The van der Waals surface area contributed by atoms with Gasteiger partial charge in [-0.1, -0.05) is 30.3 Å². The summed E-state index contributed by atoms with van der Waals surface area (Å²) in [6.07, 6.45) is 3.02. The number of benzene rings is 3. The number of anilines is 1. The van der Waals surface area contributed by atoms with Gasteiger partial charge in [-0.25, -0.2) is 9.37 Å². The molecule has 0 spiro atoms. The van der Waals surface area contributed by atoms with Crippen LogP contribution in [0.15, 0.2) is 65.8 Å². The number of ether oxygens (including phenoxy) is 1. The van der Waals surface area contributed by atoms with Crippen LogP contribution in [-0.2, 0) is 7.05 Å². The molecule has 1 N–H and O–H groups in total. The second-order valence-corrected chi connectivity index (χ2v) is 8.33. The molecule has 1 heterocycles. The fraction of sp³-hybridized carbons (Fsp3) is 0.143. The number of aryl methyl sites for hydroxylation is 1. The largest absolute Gasteiger partial charge is 0.496 e. The summed E-state index contributed by atoms with van der Waals surface area (Å²) in [6, 6.07) is 14.1. The molecule has 0 aliphatic carbocycles. The van der Waals surface area contributed by atoms with Crippen LogP contribution in [-0.4, -0.2) is 28.9 Å². The lowest BCUT2D eigenvalue weighted by molar-refractivity contribution is 0.102. The van der Waals surface area contributed by atoms with E-state index in [1.54, 1.807) is 12.1 Å². The number of hydrogen-bond donors (Lipinski definition) is 1. The summed E-state index contributed by atoms with van der Waals surface area (Å²) >= 11 is 0. The average molecular weight is 486 g/mol. The smallest absolute Gasteiger partial charge is 0.265 e. The van der Waals surface area contributed by atoms with Crippen LogP contribution in [0, 0.1) is 19.7 Å². The molecule has 1 amide bonds. The molecule has 4 rings (SSSR count). The lowest BCUT2D eigenvalue weighted by atomic mass is 9.90. The number of carbonyl (C=O) groups is 2. The predicted octanol–water partition coefficient (Wildman–Crippen LogP) is 4.94. The van der Waals surface area contributed by atoms with E-state index in [4.69, 9.17) is 4.74 Å². The molecular weight excluding hydrogens is 461 g/mol. The van der Waals surface area contributed by atoms with Crippen LogP contribution in [0.3, 0.4) is 0 Å². The first-order valence-electron chi connectivity index (χ1n) is 11.1. The highest BCUT2D eigenvalue weighted by Gasteiger charge is 2.18. The van der Waals surface area contributed by atoms with Crippen LogP contribution in [0.4, 0.5) is 10.1 Å². The number of carbonyl (C=O) groups excluding carboxylic acids is 2. The van der Waals surface area contributed by atoms with Gasteiger partial charge in [-0.15, -0.1) is 0 Å². The molecule has 0 aliphatic heterocycles. The van der Waals surface area contributed by atoms with Crippen molar-refractivity contribution in [2.24, 2.45) is 7.05 Å². The molecule has 3 aromatic carbocycles. The number of halogens is 1. The zero-order chi connectivity index (χ0) is 26.0. The van der Waals surface area contributed by atoms with Gasteiger partial charge in [0.15, 0.2) is 6.29 Å². The van der Waals surface area contributed by atoms with E-state index in [1.807, 2.05) is 44.2 Å². The molecule has 182 valence electrons. The number of methoxy groups -OCH3 is 1. The van der Waals surface area contributed by atoms with Gasteiger partial charge < -0.3 is 14.6 Å². The van der Waals surface area contributed by atoms with Crippen molar-refractivity contribution in [1.82, 2.24) is 9.55 Å². The summed E-state index contributed by atoms with van der Waals surface area (Å²) < 4.78 is 21.1. The Hall–Kier alpha value is -4.59. The number of nitrogens with one attached hydrogen (secondary N) is 1. The van der Waals surface area contributed by atoms with Crippen molar-refractivity contribution in [3.63, 3.8) is 0 Å². The highest BCUT2D eigenvalue weighted by molar-refractivity contribution is 6.04. The first-order chi connectivity index (χ1) is 17.3. The maximum Gasteiger partial charge on any atom is 0.265 e. The van der Waals surface area contributed by atoms with Crippen molar-refractivity contribution in [3.8, 4) is 28.0 Å². The SMILES string of the molecule is COc1cc(-c2cccc(-c3cccc(NC(=O)c4cncn(C)c4=O)c3C)c2C)cc(F)c1C=O. The quantitative estimate of drug-likeness (QED) is 0.391. The van der Waals surface area contributed by atoms with Crippen molar-refractivity contribution in [2.75, 3.05) is 12.4 Å². The minimum Gasteiger partial charge on any atom is -0.496 e. The maximum atomic E-state index is 14.6. The molecule has 7 nitrogen and oxygen atoms in total. The van der Waals surface area contributed by atoms with Gasteiger partial charge >= 0.3 is 0 Å². The molecule has 0 unspecified atom stereocenters. The number of nitrogens with zero attached hydrogens (tertiary/aromatic N) is 2. The monoisotopic (exact) mass is 485 g/mol. The minimum absolute atomic E-state index is 0.0577. The zero-order valence-corrected chi connectivity index (χ0v) is 20.3. The molecular formula is C28H24FN3O4. The molecule has 0 aliphatic rings. The van der Waals surface area contributed by atoms with Crippen LogP contribution in [0.25, 0.3) is 22.3 Å². The average Bonchev–Trinajstić information content (AvgIpc) is 2.86. The summed E-state index contributed by atoms with van der Waals surface area (Å²) in [4.78, 5) is 40.3. The van der Waals surface area contributed by atoms with Gasteiger partial charge in [0, 0.05) is 18.9 Å². The second-order valence-electron chi connectivity index (χ2n) is 8.33. The Labute approximate surface area is 207 Å². The van der Waals surface area contributed by atoms with Crippen LogP contribution in [0.2, 0.25) is 0 Å². The van der Waals surface area contributed by atoms with E-state index < -0.39 is 17.3 Å². The molecule has 0 saturated carbocycles. The Morgan fingerprint density at radius 3 is 2.42 bits per heavy atom. The van der Waals surface area contributed by atoms with E-state index >= 15 is 0 Å². The van der Waals surface area contributed by atoms with Crippen molar-refractivity contribution < 1.29 is 18.7 Å². The third-order valence-electron chi connectivity index (χ3n) is 6.19. The van der Waals surface area contributed by atoms with Gasteiger partial charge in [0.25, 0.3) is 11.5 Å². The van der Waals surface area contributed by atoms with E-state index in [0.717, 1.165) is 27.8 Å². The number of aromatic nitrogens is 2. The molecule has 0 bridgehead atoms. The van der Waals surface area contributed by atoms with Crippen molar-refractivity contribution in [1.29, 1.82) is 0 Å². The predicted molar refractivity (Wildman–Crippen MR) is 136 cm³/mol. The first kappa shape index (κ1) is 24.5. The Bertz CT molecular complexity index is 1560. The van der Waals surface area contributed by atoms with Crippen molar-refractivity contribution in [2.45, 2.75) is 13.8 Å². The number of rotatable bonds is 6. The molecule has 0 saturated heterocycles. The summed E-state index contributed by atoms with van der Waals surface area (Å²) in [7, 11) is 2.92. The van der Waals surface area contributed by atoms with Crippen LogP contribution >= 0.6 is 0 Å².